The zero-order chi connectivity index (χ0) is 19.1. The van der Waals surface area contributed by atoms with Crippen LogP contribution in [-0.2, 0) is 17.7 Å². The maximum Gasteiger partial charge on any atom is 0.358 e. The number of carbonyl (C=O) groups excluding carboxylic acids is 1. The Kier molecular flexibility index (Phi) is 6.60. The molecule has 0 bridgehead atoms. The number of aliphatic hydroxyl groups excluding tert-OH is 1. The first-order chi connectivity index (χ1) is 13.2. The Morgan fingerprint density at radius 1 is 1.19 bits per heavy atom. The highest BCUT2D eigenvalue weighted by molar-refractivity contribution is 5.86. The molecule has 1 atom stereocenters. The predicted octanol–water partition coefficient (Wildman–Crippen LogP) is 3.99. The van der Waals surface area contributed by atoms with Gasteiger partial charge in [-0.1, -0.05) is 48.9 Å². The van der Waals surface area contributed by atoms with Crippen LogP contribution >= 0.6 is 0 Å². The molecule has 27 heavy (non-hydrogen) atoms. The average molecular weight is 366 g/mol. The molecule has 2 aromatic carbocycles. The Morgan fingerprint density at radius 2 is 2.00 bits per heavy atom. The van der Waals surface area contributed by atoms with Crippen LogP contribution in [0, 0.1) is 0 Å². The molecule has 0 spiro atoms. The number of aryl methyl sites for hydroxylation is 1. The monoisotopic (exact) mass is 366 g/mol. The lowest BCUT2D eigenvalue weighted by atomic mass is 10.0. The van der Waals surface area contributed by atoms with Crippen LogP contribution in [0.3, 0.4) is 0 Å². The lowest BCUT2D eigenvalue weighted by molar-refractivity contribution is 0.0519. The molecule has 3 aromatic rings. The molecule has 0 radical (unpaired) electrons. The number of esters is 1. The molecule has 1 N–H and O–H groups in total. The van der Waals surface area contributed by atoms with Crippen LogP contribution in [-0.4, -0.2) is 33.3 Å². The summed E-state index contributed by atoms with van der Waals surface area (Å²) in [7, 11) is 0. The van der Waals surface area contributed by atoms with Gasteiger partial charge in [0.1, 0.15) is 0 Å². The van der Waals surface area contributed by atoms with Crippen molar-refractivity contribution in [3.63, 3.8) is 0 Å². The van der Waals surface area contributed by atoms with Gasteiger partial charge >= 0.3 is 5.97 Å². The number of nitrogens with zero attached hydrogens (tertiary/aromatic N) is 2. The van der Waals surface area contributed by atoms with E-state index in [1.54, 1.807) is 24.0 Å². The molecule has 1 heterocycles. The lowest BCUT2D eigenvalue weighted by Crippen LogP contribution is -2.15. The van der Waals surface area contributed by atoms with Crippen LogP contribution in [0.4, 0.5) is 0 Å². The third-order valence-corrected chi connectivity index (χ3v) is 4.61. The third kappa shape index (κ3) is 5.41. The molecule has 142 valence electrons. The van der Waals surface area contributed by atoms with Gasteiger partial charge in [-0.2, -0.15) is 0 Å². The van der Waals surface area contributed by atoms with Gasteiger partial charge in [-0.05, 0) is 42.5 Å². The Labute approximate surface area is 159 Å². The molecule has 0 amide bonds. The molecule has 0 fully saturated rings. The first-order valence-electron chi connectivity index (χ1n) is 9.50. The minimum atomic E-state index is -0.453. The van der Waals surface area contributed by atoms with Gasteiger partial charge in [-0.25, -0.2) is 9.78 Å². The minimum Gasteiger partial charge on any atom is -0.461 e. The van der Waals surface area contributed by atoms with Crippen LogP contribution in [0.25, 0.3) is 10.8 Å². The maximum atomic E-state index is 11.6. The number of carbonyl (C=O) groups is 1. The number of rotatable bonds is 9. The molecule has 0 aliphatic rings. The zero-order valence-electron chi connectivity index (χ0n) is 15.7. The van der Waals surface area contributed by atoms with Crippen molar-refractivity contribution < 1.29 is 14.6 Å². The highest BCUT2D eigenvalue weighted by Crippen LogP contribution is 2.17. The number of benzene rings is 2. The van der Waals surface area contributed by atoms with Crippen LogP contribution in [0.2, 0.25) is 0 Å². The first kappa shape index (κ1) is 19.1. The summed E-state index contributed by atoms with van der Waals surface area (Å²) in [5, 5.41) is 12.8. The Morgan fingerprint density at radius 3 is 2.81 bits per heavy atom. The molecule has 3 rings (SSSR count). The second-order valence-corrected chi connectivity index (χ2v) is 6.76. The van der Waals surface area contributed by atoms with Crippen LogP contribution in [0.15, 0.2) is 55.0 Å². The van der Waals surface area contributed by atoms with Gasteiger partial charge in [-0.15, -0.1) is 0 Å². The normalized spacial score (nSPS) is 12.2. The van der Waals surface area contributed by atoms with Crippen molar-refractivity contribution in [2.75, 3.05) is 6.61 Å². The van der Waals surface area contributed by atoms with Crippen molar-refractivity contribution in [1.82, 2.24) is 9.55 Å². The smallest absolute Gasteiger partial charge is 0.358 e. The van der Waals surface area contributed by atoms with Gasteiger partial charge in [0, 0.05) is 12.7 Å². The Balaban J connectivity index is 1.41. The first-order valence-corrected chi connectivity index (χ1v) is 9.50. The van der Waals surface area contributed by atoms with Gasteiger partial charge in [0.05, 0.1) is 19.0 Å². The van der Waals surface area contributed by atoms with Gasteiger partial charge in [0.15, 0.2) is 5.69 Å². The van der Waals surface area contributed by atoms with Crippen molar-refractivity contribution in [3.05, 3.63) is 66.2 Å². The van der Waals surface area contributed by atoms with E-state index in [4.69, 9.17) is 4.74 Å². The molecule has 0 unspecified atom stereocenters. The molecule has 5 heteroatoms. The van der Waals surface area contributed by atoms with Crippen LogP contribution in [0.5, 0.6) is 0 Å². The molecule has 0 aliphatic heterocycles. The number of aromatic nitrogens is 2. The molecule has 5 nitrogen and oxygen atoms in total. The van der Waals surface area contributed by atoms with Gasteiger partial charge in [0.25, 0.3) is 0 Å². The highest BCUT2D eigenvalue weighted by atomic mass is 16.5. The van der Waals surface area contributed by atoms with E-state index in [0.29, 0.717) is 13.2 Å². The summed E-state index contributed by atoms with van der Waals surface area (Å²) in [6, 6.07) is 15.0. The summed E-state index contributed by atoms with van der Waals surface area (Å²) in [5.74, 6) is -0.430. The van der Waals surface area contributed by atoms with Gasteiger partial charge in [0.2, 0.25) is 0 Å². The topological polar surface area (TPSA) is 64.3 Å². The number of imidazole rings is 1. The van der Waals surface area contributed by atoms with E-state index in [9.17, 15) is 9.90 Å². The number of fused-ring (bicyclic) bond motifs is 1. The number of ether oxygens (including phenoxy) is 1. The highest BCUT2D eigenvalue weighted by Gasteiger charge is 2.12. The Bertz CT molecular complexity index is 888. The summed E-state index contributed by atoms with van der Waals surface area (Å²) in [6.07, 6.45) is 6.45. The summed E-state index contributed by atoms with van der Waals surface area (Å²) in [5.41, 5.74) is 1.61. The van der Waals surface area contributed by atoms with Crippen molar-refractivity contribution in [2.45, 2.75) is 45.3 Å². The number of unbranched alkanes of at least 4 members (excludes halogenated alkanes) is 1. The molecule has 0 saturated heterocycles. The fourth-order valence-electron chi connectivity index (χ4n) is 3.21. The summed E-state index contributed by atoms with van der Waals surface area (Å²) in [4.78, 5) is 15.6. The van der Waals surface area contributed by atoms with E-state index in [-0.39, 0.29) is 5.69 Å². The zero-order valence-corrected chi connectivity index (χ0v) is 15.7. The molecule has 1 aromatic heterocycles. The van der Waals surface area contributed by atoms with E-state index in [1.807, 2.05) is 0 Å². The fraction of sp³-hybridized carbons (Fsp3) is 0.364. The standard InChI is InChI=1S/C22H26N2O3/c1-2-27-22(26)21-15-24(16-23-21)14-20(25)10-6-3-7-17-11-12-18-8-4-5-9-19(18)13-17/h4-5,8-9,11-13,15-16,20,25H,2-3,6-7,10,14H2,1H3/t20-/m0/s1. The fourth-order valence-corrected chi connectivity index (χ4v) is 3.21. The third-order valence-electron chi connectivity index (χ3n) is 4.61. The summed E-state index contributed by atoms with van der Waals surface area (Å²) in [6.45, 7) is 2.52. The van der Waals surface area contributed by atoms with Crippen molar-refractivity contribution in [3.8, 4) is 0 Å². The SMILES string of the molecule is CCOC(=O)c1cn(C[C@@H](O)CCCCc2ccc3ccccc3c2)cn1. The average Bonchev–Trinajstić information content (AvgIpc) is 3.14. The molecular formula is C22H26N2O3. The van der Waals surface area contributed by atoms with Crippen molar-refractivity contribution in [1.29, 1.82) is 0 Å². The second kappa shape index (κ2) is 9.33. The van der Waals surface area contributed by atoms with E-state index in [2.05, 4.69) is 47.4 Å². The van der Waals surface area contributed by atoms with Crippen molar-refractivity contribution >= 4 is 16.7 Å². The Hall–Kier alpha value is -2.66. The molecule has 0 aliphatic carbocycles. The van der Waals surface area contributed by atoms with Gasteiger partial charge in [-0.3, -0.25) is 0 Å². The van der Waals surface area contributed by atoms with E-state index in [1.165, 1.54) is 16.3 Å². The second-order valence-electron chi connectivity index (χ2n) is 6.76. The summed E-state index contributed by atoms with van der Waals surface area (Å²) < 4.78 is 6.65. The predicted molar refractivity (Wildman–Crippen MR) is 106 cm³/mol. The van der Waals surface area contributed by atoms with E-state index in [0.717, 1.165) is 25.7 Å². The quantitative estimate of drug-likeness (QED) is 0.459. The number of aliphatic hydroxyl groups is 1. The number of hydrogen-bond donors (Lipinski definition) is 1. The molecule has 0 saturated carbocycles. The van der Waals surface area contributed by atoms with E-state index >= 15 is 0 Å². The van der Waals surface area contributed by atoms with Crippen LogP contribution < -0.4 is 0 Å². The maximum absolute atomic E-state index is 11.6. The van der Waals surface area contributed by atoms with Crippen molar-refractivity contribution in [2.24, 2.45) is 0 Å². The van der Waals surface area contributed by atoms with Crippen LogP contribution in [0.1, 0.15) is 42.2 Å². The lowest BCUT2D eigenvalue weighted by Gasteiger charge is -2.11. The largest absolute Gasteiger partial charge is 0.461 e. The van der Waals surface area contributed by atoms with Gasteiger partial charge < -0.3 is 14.4 Å². The molecular weight excluding hydrogens is 340 g/mol. The minimum absolute atomic E-state index is 0.278. The number of hydrogen-bond acceptors (Lipinski definition) is 4. The summed E-state index contributed by atoms with van der Waals surface area (Å²) >= 11 is 0. The van der Waals surface area contributed by atoms with E-state index < -0.39 is 12.1 Å².